The molecule has 5 nitrogen and oxygen atoms in total. The number of nitrogens with zero attached hydrogens (tertiary/aromatic N) is 1. The van der Waals surface area contributed by atoms with E-state index in [9.17, 15) is 23.5 Å². The van der Waals surface area contributed by atoms with Gasteiger partial charge in [-0.2, -0.15) is 8.78 Å². The third kappa shape index (κ3) is 6.96. The van der Waals surface area contributed by atoms with Crippen molar-refractivity contribution in [3.63, 3.8) is 0 Å². The molecule has 0 bridgehead atoms. The van der Waals surface area contributed by atoms with Gasteiger partial charge in [0.25, 0.3) is 5.91 Å². The quantitative estimate of drug-likeness (QED) is 0.401. The van der Waals surface area contributed by atoms with Crippen LogP contribution in [0.15, 0.2) is 54.6 Å². The molecule has 2 N–H and O–H groups in total. The molecule has 34 heavy (non-hydrogen) atoms. The van der Waals surface area contributed by atoms with Crippen LogP contribution in [0.3, 0.4) is 0 Å². The standard InChI is InChI=1S/C26H31F2NO4S/c1-18(7-5-10-19-8-3-2-4-9-19)22(30)14-12-20-17-26(27,28)25(33)29(20)16-6-11-21-13-15-23(34-21)24(31)32/h2-4,8-9,12-15,18,20,22,30H,5-7,10-11,16-17H2,1H3,(H,31,32). The van der Waals surface area contributed by atoms with Crippen LogP contribution >= 0.6 is 11.3 Å². The lowest BCUT2D eigenvalue weighted by atomic mass is 9.95. The van der Waals surface area contributed by atoms with Crippen molar-refractivity contribution < 1.29 is 28.6 Å². The van der Waals surface area contributed by atoms with Crippen LogP contribution in [-0.4, -0.2) is 51.6 Å². The smallest absolute Gasteiger partial charge is 0.345 e. The predicted molar refractivity (Wildman–Crippen MR) is 128 cm³/mol. The predicted octanol–water partition coefficient (Wildman–Crippen LogP) is 5.19. The van der Waals surface area contributed by atoms with Crippen LogP contribution in [-0.2, 0) is 17.6 Å². The summed E-state index contributed by atoms with van der Waals surface area (Å²) in [5.41, 5.74) is 1.24. The molecule has 3 rings (SSSR count). The fraction of sp³-hybridized carbons (Fsp3) is 0.462. The van der Waals surface area contributed by atoms with Gasteiger partial charge >= 0.3 is 11.9 Å². The molecule has 0 radical (unpaired) electrons. The Morgan fingerprint density at radius 1 is 1.21 bits per heavy atom. The summed E-state index contributed by atoms with van der Waals surface area (Å²) in [4.78, 5) is 25.5. The van der Waals surface area contributed by atoms with E-state index in [0.717, 1.165) is 35.5 Å². The number of rotatable bonds is 12. The van der Waals surface area contributed by atoms with Crippen molar-refractivity contribution in [1.82, 2.24) is 4.90 Å². The molecule has 0 spiro atoms. The van der Waals surface area contributed by atoms with Crippen molar-refractivity contribution >= 4 is 23.2 Å². The number of carboxylic acid groups (broad SMARTS) is 1. The third-order valence-corrected chi connectivity index (χ3v) is 7.35. The largest absolute Gasteiger partial charge is 0.477 e. The van der Waals surface area contributed by atoms with Gasteiger partial charge in [-0.3, -0.25) is 4.79 Å². The van der Waals surface area contributed by atoms with Gasteiger partial charge in [0.05, 0.1) is 12.1 Å². The highest BCUT2D eigenvalue weighted by Gasteiger charge is 2.52. The Morgan fingerprint density at radius 2 is 1.94 bits per heavy atom. The molecule has 184 valence electrons. The summed E-state index contributed by atoms with van der Waals surface area (Å²) in [5, 5.41) is 19.5. The van der Waals surface area contributed by atoms with E-state index in [2.05, 4.69) is 12.1 Å². The number of halogens is 2. The Hall–Kier alpha value is -2.58. The molecule has 3 atom stereocenters. The lowest BCUT2D eigenvalue weighted by Gasteiger charge is -2.22. The third-order valence-electron chi connectivity index (χ3n) is 6.22. The average molecular weight is 492 g/mol. The van der Waals surface area contributed by atoms with Gasteiger partial charge in [-0.05, 0) is 55.7 Å². The zero-order chi connectivity index (χ0) is 24.7. The van der Waals surface area contributed by atoms with E-state index in [1.54, 1.807) is 6.07 Å². The fourth-order valence-electron chi connectivity index (χ4n) is 4.19. The van der Waals surface area contributed by atoms with Crippen LogP contribution in [0, 0.1) is 5.92 Å². The topological polar surface area (TPSA) is 77.8 Å². The molecule has 1 amide bonds. The van der Waals surface area contributed by atoms with E-state index in [-0.39, 0.29) is 17.3 Å². The maximum Gasteiger partial charge on any atom is 0.345 e. The second-order valence-corrected chi connectivity index (χ2v) is 10.0. The van der Waals surface area contributed by atoms with Crippen LogP contribution < -0.4 is 0 Å². The summed E-state index contributed by atoms with van der Waals surface area (Å²) in [7, 11) is 0. The van der Waals surface area contributed by atoms with Gasteiger partial charge in [0.1, 0.15) is 4.88 Å². The van der Waals surface area contributed by atoms with E-state index in [4.69, 9.17) is 5.11 Å². The number of carboxylic acids is 1. The molecule has 1 aromatic carbocycles. The molecule has 2 aromatic rings. The highest BCUT2D eigenvalue weighted by atomic mass is 32.1. The number of amides is 1. The molecule has 1 fully saturated rings. The summed E-state index contributed by atoms with van der Waals surface area (Å²) >= 11 is 1.15. The lowest BCUT2D eigenvalue weighted by Crippen LogP contribution is -2.36. The molecular weight excluding hydrogens is 460 g/mol. The molecule has 8 heteroatoms. The molecule has 1 aliphatic heterocycles. The summed E-state index contributed by atoms with van der Waals surface area (Å²) < 4.78 is 28.3. The Bertz CT molecular complexity index is 992. The van der Waals surface area contributed by atoms with Gasteiger partial charge in [-0.15, -0.1) is 11.3 Å². The average Bonchev–Trinajstić information content (AvgIpc) is 3.36. The number of aliphatic hydroxyl groups excluding tert-OH is 1. The van der Waals surface area contributed by atoms with E-state index in [1.165, 1.54) is 28.7 Å². The summed E-state index contributed by atoms with van der Waals surface area (Å²) in [5.74, 6) is -5.64. The number of carbonyl (C=O) groups excluding carboxylic acids is 1. The minimum atomic E-state index is -3.42. The Morgan fingerprint density at radius 3 is 2.62 bits per heavy atom. The van der Waals surface area contributed by atoms with Crippen molar-refractivity contribution in [3.05, 3.63) is 69.9 Å². The maximum absolute atomic E-state index is 14.1. The van der Waals surface area contributed by atoms with Crippen LogP contribution in [0.2, 0.25) is 0 Å². The molecule has 1 aromatic heterocycles. The van der Waals surface area contributed by atoms with E-state index >= 15 is 0 Å². The van der Waals surface area contributed by atoms with Crippen LogP contribution in [0.5, 0.6) is 0 Å². The number of aliphatic hydroxyl groups is 1. The number of alkyl halides is 2. The maximum atomic E-state index is 14.1. The summed E-state index contributed by atoms with van der Waals surface area (Å²) in [6.45, 7) is 2.07. The Labute approximate surface area is 202 Å². The number of hydrogen-bond acceptors (Lipinski definition) is 4. The number of benzene rings is 1. The monoisotopic (exact) mass is 491 g/mol. The first kappa shape index (κ1) is 26.0. The summed E-state index contributed by atoms with van der Waals surface area (Å²) in [6.07, 6.45) is 5.27. The Balaban J connectivity index is 1.51. The molecule has 1 aliphatic rings. The highest BCUT2D eigenvalue weighted by Crippen LogP contribution is 2.34. The molecule has 3 unspecified atom stereocenters. The van der Waals surface area contributed by atoms with Gasteiger partial charge in [-0.1, -0.05) is 49.4 Å². The van der Waals surface area contributed by atoms with E-state index < -0.39 is 36.4 Å². The molecule has 0 aliphatic carbocycles. The SMILES string of the molecule is CC(CCCc1ccccc1)C(O)C=CC1CC(F)(F)C(=O)N1CCCc1ccc(C(=O)O)s1. The van der Waals surface area contributed by atoms with Crippen molar-refractivity contribution in [2.24, 2.45) is 5.92 Å². The second-order valence-electron chi connectivity index (χ2n) is 8.88. The first-order valence-corrected chi connectivity index (χ1v) is 12.4. The normalized spacial score (nSPS) is 19.6. The number of likely N-dealkylation sites (tertiary alicyclic amines) is 1. The lowest BCUT2D eigenvalue weighted by molar-refractivity contribution is -0.148. The van der Waals surface area contributed by atoms with Gasteiger partial charge in [0, 0.05) is 17.8 Å². The highest BCUT2D eigenvalue weighted by molar-refractivity contribution is 7.13. The number of hydrogen-bond donors (Lipinski definition) is 2. The van der Waals surface area contributed by atoms with Gasteiger partial charge in [0.2, 0.25) is 0 Å². The van der Waals surface area contributed by atoms with Crippen LogP contribution in [0.25, 0.3) is 0 Å². The fourth-order valence-corrected chi connectivity index (χ4v) is 5.07. The van der Waals surface area contributed by atoms with Gasteiger partial charge in [0.15, 0.2) is 0 Å². The number of carbonyl (C=O) groups is 2. The van der Waals surface area contributed by atoms with Crippen molar-refractivity contribution in [1.29, 1.82) is 0 Å². The first-order valence-electron chi connectivity index (χ1n) is 11.6. The molecule has 2 heterocycles. The molecule has 1 saturated heterocycles. The van der Waals surface area contributed by atoms with Crippen molar-refractivity contribution in [2.75, 3.05) is 6.54 Å². The molecule has 0 saturated carbocycles. The zero-order valence-electron chi connectivity index (χ0n) is 19.2. The van der Waals surface area contributed by atoms with Crippen molar-refractivity contribution in [3.8, 4) is 0 Å². The molecular formula is C26H31F2NO4S. The Kier molecular flexibility index (Phi) is 8.97. The number of aryl methyl sites for hydroxylation is 2. The van der Waals surface area contributed by atoms with Crippen LogP contribution in [0.4, 0.5) is 8.78 Å². The minimum absolute atomic E-state index is 0.0340. The zero-order valence-corrected chi connectivity index (χ0v) is 20.0. The van der Waals surface area contributed by atoms with Gasteiger partial charge < -0.3 is 15.1 Å². The first-order chi connectivity index (χ1) is 16.2. The minimum Gasteiger partial charge on any atom is -0.477 e. The number of aromatic carboxylic acids is 1. The number of thiophene rings is 1. The van der Waals surface area contributed by atoms with Gasteiger partial charge in [-0.25, -0.2) is 4.79 Å². The van der Waals surface area contributed by atoms with Crippen LogP contribution in [0.1, 0.15) is 52.7 Å². The van der Waals surface area contributed by atoms with E-state index in [1.807, 2.05) is 25.1 Å². The van der Waals surface area contributed by atoms with E-state index in [0.29, 0.717) is 12.8 Å². The second kappa shape index (κ2) is 11.7. The van der Waals surface area contributed by atoms with Crippen molar-refractivity contribution in [2.45, 2.75) is 63.5 Å². The summed E-state index contributed by atoms with van der Waals surface area (Å²) in [6, 6.07) is 12.5.